The lowest BCUT2D eigenvalue weighted by molar-refractivity contribution is 0.00781. The highest BCUT2D eigenvalue weighted by Gasteiger charge is 2.23. The molecule has 2 rings (SSSR count). The molecule has 1 fully saturated rings. The summed E-state index contributed by atoms with van der Waals surface area (Å²) < 4.78 is 0. The molecule has 0 unspecified atom stereocenters. The highest BCUT2D eigenvalue weighted by Crippen LogP contribution is 2.16. The molecule has 0 aromatic heterocycles. The van der Waals surface area contributed by atoms with Crippen molar-refractivity contribution in [3.05, 3.63) is 34.9 Å². The molecule has 0 aliphatic carbocycles. The predicted molar refractivity (Wildman–Crippen MR) is 65.6 cm³/mol. The van der Waals surface area contributed by atoms with Gasteiger partial charge in [0.25, 0.3) is 5.91 Å². The van der Waals surface area contributed by atoms with Crippen molar-refractivity contribution in [3.63, 3.8) is 0 Å². The van der Waals surface area contributed by atoms with Crippen LogP contribution in [0.25, 0.3) is 0 Å². The number of hydrogen-bond donors (Lipinski definition) is 1. The van der Waals surface area contributed by atoms with E-state index in [0.29, 0.717) is 23.7 Å². The van der Waals surface area contributed by atoms with E-state index in [1.807, 2.05) is 4.90 Å². The van der Waals surface area contributed by atoms with E-state index in [2.05, 4.69) is 0 Å². The molecule has 1 aromatic rings. The highest BCUT2D eigenvalue weighted by atomic mass is 35.5. The number of hydrogen-bond acceptors (Lipinski definition) is 3. The van der Waals surface area contributed by atoms with Crippen molar-refractivity contribution in [2.75, 3.05) is 13.1 Å². The number of halogens is 1. The van der Waals surface area contributed by atoms with Gasteiger partial charge in [0.15, 0.2) is 0 Å². The van der Waals surface area contributed by atoms with E-state index < -0.39 is 0 Å². The van der Waals surface area contributed by atoms with E-state index in [-0.39, 0.29) is 12.0 Å². The van der Waals surface area contributed by atoms with Crippen LogP contribution in [0.2, 0.25) is 5.02 Å². The molecule has 0 bridgehead atoms. The zero-order valence-electron chi connectivity index (χ0n) is 9.43. The van der Waals surface area contributed by atoms with Gasteiger partial charge in [-0.1, -0.05) is 11.6 Å². The first-order valence-corrected chi connectivity index (χ1v) is 5.99. The number of carbonyl (C=O) groups is 1. The molecule has 0 radical (unpaired) electrons. The number of likely N-dealkylation sites (tertiary alicyclic amines) is 1. The topological polar surface area (TPSA) is 55.6 Å². The smallest absolute Gasteiger partial charge is 0.253 e. The summed E-state index contributed by atoms with van der Waals surface area (Å²) in [6.45, 7) is 1.37. The first-order chi connectivity index (χ1) is 8.20. The quantitative estimate of drug-likeness (QED) is 0.820. The molecule has 0 spiro atoms. The molecular formula is C12H15ClN2O2. The zero-order valence-corrected chi connectivity index (χ0v) is 10.2. The first kappa shape index (κ1) is 12.4. The Kier molecular flexibility index (Phi) is 3.99. The lowest BCUT2D eigenvalue weighted by atomic mass is 10.1. The summed E-state index contributed by atoms with van der Waals surface area (Å²) in [6.07, 6.45) is 1.65. The van der Waals surface area contributed by atoms with Gasteiger partial charge in [-0.05, 0) is 37.1 Å². The fourth-order valence-electron chi connectivity index (χ4n) is 1.97. The van der Waals surface area contributed by atoms with Crippen molar-refractivity contribution in [1.82, 2.24) is 4.90 Å². The lowest BCUT2D eigenvalue weighted by Gasteiger charge is -2.30. The van der Waals surface area contributed by atoms with Gasteiger partial charge >= 0.3 is 0 Å². The highest BCUT2D eigenvalue weighted by molar-refractivity contribution is 6.30. The summed E-state index contributed by atoms with van der Waals surface area (Å²) in [5.74, 6) is 5.17. The summed E-state index contributed by atoms with van der Waals surface area (Å²) in [4.78, 5) is 18.7. The molecule has 4 nitrogen and oxygen atoms in total. The Bertz CT molecular complexity index is 386. The molecule has 0 atom stereocenters. The van der Waals surface area contributed by atoms with E-state index in [1.165, 1.54) is 0 Å². The van der Waals surface area contributed by atoms with Crippen molar-refractivity contribution in [2.24, 2.45) is 5.90 Å². The van der Waals surface area contributed by atoms with Gasteiger partial charge < -0.3 is 9.74 Å². The largest absolute Gasteiger partial charge is 0.338 e. The Hall–Kier alpha value is -1.10. The maximum absolute atomic E-state index is 12.1. The zero-order chi connectivity index (χ0) is 12.3. The van der Waals surface area contributed by atoms with Gasteiger partial charge in [-0.2, -0.15) is 0 Å². The minimum absolute atomic E-state index is 0.0390. The molecule has 5 heteroatoms. The maximum Gasteiger partial charge on any atom is 0.253 e. The summed E-state index contributed by atoms with van der Waals surface area (Å²) >= 11 is 5.78. The third-order valence-electron chi connectivity index (χ3n) is 3.01. The molecule has 2 N–H and O–H groups in total. The molecule has 92 valence electrons. The number of nitrogens with two attached hydrogens (primary N) is 1. The van der Waals surface area contributed by atoms with E-state index in [4.69, 9.17) is 22.3 Å². The van der Waals surface area contributed by atoms with Gasteiger partial charge in [0.1, 0.15) is 0 Å². The van der Waals surface area contributed by atoms with Crippen molar-refractivity contribution in [1.29, 1.82) is 0 Å². The third kappa shape index (κ3) is 2.97. The second-order valence-corrected chi connectivity index (χ2v) is 4.57. The van der Waals surface area contributed by atoms with Gasteiger partial charge in [-0.3, -0.25) is 4.79 Å². The fraction of sp³-hybridized carbons (Fsp3) is 0.417. The Labute approximate surface area is 105 Å². The second kappa shape index (κ2) is 5.49. The Morgan fingerprint density at radius 2 is 1.88 bits per heavy atom. The monoisotopic (exact) mass is 254 g/mol. The van der Waals surface area contributed by atoms with Crippen molar-refractivity contribution in [3.8, 4) is 0 Å². The molecule has 1 saturated heterocycles. The minimum Gasteiger partial charge on any atom is -0.338 e. The van der Waals surface area contributed by atoms with Crippen LogP contribution >= 0.6 is 11.6 Å². The van der Waals surface area contributed by atoms with Gasteiger partial charge in [-0.25, -0.2) is 5.90 Å². The van der Waals surface area contributed by atoms with Crippen LogP contribution in [-0.4, -0.2) is 30.0 Å². The number of nitrogens with zero attached hydrogens (tertiary/aromatic N) is 1. The van der Waals surface area contributed by atoms with Crippen LogP contribution in [0.15, 0.2) is 24.3 Å². The molecule has 17 heavy (non-hydrogen) atoms. The minimum atomic E-state index is 0.0390. The van der Waals surface area contributed by atoms with Gasteiger partial charge in [-0.15, -0.1) is 0 Å². The third-order valence-corrected chi connectivity index (χ3v) is 3.26. The molecule has 1 aromatic carbocycles. The van der Waals surface area contributed by atoms with E-state index in [1.54, 1.807) is 24.3 Å². The van der Waals surface area contributed by atoms with Crippen LogP contribution in [0.4, 0.5) is 0 Å². The van der Waals surface area contributed by atoms with Gasteiger partial charge in [0.2, 0.25) is 0 Å². The number of rotatable bonds is 2. The van der Waals surface area contributed by atoms with Crippen LogP contribution in [0, 0.1) is 0 Å². The standard InChI is InChI=1S/C12H15ClN2O2/c13-10-3-1-9(2-4-10)12(16)15-7-5-11(17-14)6-8-15/h1-4,11H,5-8,14H2. The molecular weight excluding hydrogens is 240 g/mol. The van der Waals surface area contributed by atoms with Crippen LogP contribution in [-0.2, 0) is 4.84 Å². The van der Waals surface area contributed by atoms with Crippen LogP contribution in [0.3, 0.4) is 0 Å². The number of amides is 1. The average Bonchev–Trinajstić information content (AvgIpc) is 2.39. The predicted octanol–water partition coefficient (Wildman–Crippen LogP) is 1.83. The lowest BCUT2D eigenvalue weighted by Crippen LogP contribution is -2.41. The summed E-state index contributed by atoms with van der Waals surface area (Å²) in [5.41, 5.74) is 0.668. The summed E-state index contributed by atoms with van der Waals surface area (Å²) in [5, 5.41) is 0.636. The molecule has 1 aliphatic heterocycles. The van der Waals surface area contributed by atoms with E-state index in [9.17, 15) is 4.79 Å². The molecule has 1 aliphatic rings. The van der Waals surface area contributed by atoms with Crippen LogP contribution in [0.1, 0.15) is 23.2 Å². The van der Waals surface area contributed by atoms with E-state index >= 15 is 0 Å². The van der Waals surface area contributed by atoms with Gasteiger partial charge in [0.05, 0.1) is 6.10 Å². The summed E-state index contributed by atoms with van der Waals surface area (Å²) in [6, 6.07) is 6.95. The van der Waals surface area contributed by atoms with Crippen molar-refractivity contribution >= 4 is 17.5 Å². The number of benzene rings is 1. The first-order valence-electron chi connectivity index (χ1n) is 5.61. The number of piperidine rings is 1. The summed E-state index contributed by atoms with van der Waals surface area (Å²) in [7, 11) is 0. The van der Waals surface area contributed by atoms with Crippen molar-refractivity contribution in [2.45, 2.75) is 18.9 Å². The molecule has 1 amide bonds. The maximum atomic E-state index is 12.1. The van der Waals surface area contributed by atoms with Crippen molar-refractivity contribution < 1.29 is 9.63 Å². The Morgan fingerprint density at radius 1 is 1.29 bits per heavy atom. The Morgan fingerprint density at radius 3 is 2.41 bits per heavy atom. The van der Waals surface area contributed by atoms with Crippen LogP contribution < -0.4 is 5.90 Å². The van der Waals surface area contributed by atoms with E-state index in [0.717, 1.165) is 12.8 Å². The molecule has 0 saturated carbocycles. The van der Waals surface area contributed by atoms with Crippen LogP contribution in [0.5, 0.6) is 0 Å². The van der Waals surface area contributed by atoms with Gasteiger partial charge in [0, 0.05) is 23.7 Å². The number of carbonyl (C=O) groups excluding carboxylic acids is 1. The normalized spacial score (nSPS) is 17.2. The second-order valence-electron chi connectivity index (χ2n) is 4.13. The Balaban J connectivity index is 1.99. The fourth-order valence-corrected chi connectivity index (χ4v) is 2.10. The average molecular weight is 255 g/mol. The SMILES string of the molecule is NOC1CCN(C(=O)c2ccc(Cl)cc2)CC1. The molecule has 1 heterocycles.